The van der Waals surface area contributed by atoms with Gasteiger partial charge in [-0.2, -0.15) is 0 Å². The summed E-state index contributed by atoms with van der Waals surface area (Å²) in [6, 6.07) is 4.97. The summed E-state index contributed by atoms with van der Waals surface area (Å²) in [6.45, 7) is 1.96. The first kappa shape index (κ1) is 16.3. The number of hydrogen-bond acceptors (Lipinski definition) is 3. The standard InChI is InChI=1S/C12H12Cl2O3.Na/c1-2-5-12(10(17-12)11(15)16)8-4-3-7(13)6-9(8)14;/h3-4,6,10H,2,5H2,1H3,(H,15,16);/q;+1/p-1. The monoisotopic (exact) mass is 296 g/mol. The van der Waals surface area contributed by atoms with Crippen LogP contribution in [0.5, 0.6) is 0 Å². The van der Waals surface area contributed by atoms with Crippen LogP contribution in [-0.2, 0) is 15.1 Å². The SMILES string of the molecule is CCCC1(c2ccc(Cl)cc2Cl)OC1C(=O)[O-].[Na+]. The van der Waals surface area contributed by atoms with Gasteiger partial charge in [0, 0.05) is 15.6 Å². The number of hydrogen-bond donors (Lipinski definition) is 0. The van der Waals surface area contributed by atoms with E-state index < -0.39 is 17.7 Å². The number of carboxylic acids is 1. The summed E-state index contributed by atoms with van der Waals surface area (Å²) < 4.78 is 5.32. The summed E-state index contributed by atoms with van der Waals surface area (Å²) in [5.74, 6) is -1.20. The maximum absolute atomic E-state index is 10.9. The molecular formula is C12H11Cl2NaO3. The maximum atomic E-state index is 10.9. The molecule has 2 rings (SSSR count). The molecule has 6 heteroatoms. The van der Waals surface area contributed by atoms with E-state index in [-0.39, 0.29) is 29.6 Å². The van der Waals surface area contributed by atoms with E-state index in [1.54, 1.807) is 18.2 Å². The number of rotatable bonds is 4. The molecule has 1 aliphatic heterocycles. The zero-order chi connectivity index (χ0) is 12.6. The molecule has 1 aliphatic rings. The van der Waals surface area contributed by atoms with Crippen LogP contribution in [0.1, 0.15) is 25.3 Å². The third-order valence-electron chi connectivity index (χ3n) is 2.92. The smallest absolute Gasteiger partial charge is 0.547 e. The quantitative estimate of drug-likeness (QED) is 0.537. The Morgan fingerprint density at radius 3 is 2.61 bits per heavy atom. The molecule has 0 N–H and O–H groups in total. The van der Waals surface area contributed by atoms with E-state index in [0.717, 1.165) is 6.42 Å². The molecule has 18 heavy (non-hydrogen) atoms. The average molecular weight is 297 g/mol. The van der Waals surface area contributed by atoms with Gasteiger partial charge in [0.15, 0.2) is 0 Å². The van der Waals surface area contributed by atoms with Crippen molar-refractivity contribution in [2.45, 2.75) is 31.5 Å². The summed E-state index contributed by atoms with van der Waals surface area (Å²) in [7, 11) is 0. The van der Waals surface area contributed by atoms with Crippen molar-refractivity contribution >= 4 is 29.2 Å². The third-order valence-corrected chi connectivity index (χ3v) is 3.46. The molecule has 0 aromatic heterocycles. The van der Waals surface area contributed by atoms with Gasteiger partial charge in [-0.05, 0) is 18.6 Å². The topological polar surface area (TPSA) is 52.7 Å². The van der Waals surface area contributed by atoms with E-state index in [0.29, 0.717) is 22.0 Å². The number of halogens is 2. The fraction of sp³-hybridized carbons (Fsp3) is 0.417. The summed E-state index contributed by atoms with van der Waals surface area (Å²) in [6.07, 6.45) is 0.469. The number of aliphatic carboxylic acids is 1. The van der Waals surface area contributed by atoms with E-state index in [4.69, 9.17) is 27.9 Å². The Kier molecular flexibility index (Phi) is 5.54. The van der Waals surface area contributed by atoms with Gasteiger partial charge in [-0.3, -0.25) is 0 Å². The molecule has 2 atom stereocenters. The van der Waals surface area contributed by atoms with Crippen molar-refractivity contribution in [1.29, 1.82) is 0 Å². The molecule has 0 saturated carbocycles. The predicted octanol–water partition coefficient (Wildman–Crippen LogP) is -0.859. The van der Waals surface area contributed by atoms with E-state index in [2.05, 4.69) is 0 Å². The Morgan fingerprint density at radius 1 is 1.50 bits per heavy atom. The van der Waals surface area contributed by atoms with Gasteiger partial charge >= 0.3 is 29.6 Å². The molecule has 1 heterocycles. The van der Waals surface area contributed by atoms with Crippen LogP contribution >= 0.6 is 23.2 Å². The number of epoxide rings is 1. The summed E-state index contributed by atoms with van der Waals surface area (Å²) in [4.78, 5) is 10.9. The first-order valence-electron chi connectivity index (χ1n) is 5.35. The molecule has 92 valence electrons. The fourth-order valence-electron chi connectivity index (χ4n) is 2.15. The molecule has 0 aliphatic carbocycles. The van der Waals surface area contributed by atoms with Gasteiger partial charge in [0.2, 0.25) is 0 Å². The van der Waals surface area contributed by atoms with Gasteiger partial charge < -0.3 is 14.6 Å². The predicted molar refractivity (Wildman–Crippen MR) is 62.9 cm³/mol. The molecular weight excluding hydrogens is 286 g/mol. The molecule has 1 aromatic rings. The summed E-state index contributed by atoms with van der Waals surface area (Å²) in [5, 5.41) is 11.8. The molecule has 2 unspecified atom stereocenters. The Bertz CT molecular complexity index is 467. The van der Waals surface area contributed by atoms with Gasteiger partial charge in [-0.15, -0.1) is 0 Å². The first-order valence-corrected chi connectivity index (χ1v) is 6.11. The van der Waals surface area contributed by atoms with Crippen molar-refractivity contribution in [1.82, 2.24) is 0 Å². The first-order chi connectivity index (χ1) is 8.01. The largest absolute Gasteiger partial charge is 1.00 e. The molecule has 0 amide bonds. The second-order valence-electron chi connectivity index (χ2n) is 4.08. The van der Waals surface area contributed by atoms with Crippen LogP contribution in [0.2, 0.25) is 10.0 Å². The van der Waals surface area contributed by atoms with Crippen LogP contribution in [0, 0.1) is 0 Å². The van der Waals surface area contributed by atoms with Crippen molar-refractivity contribution in [3.05, 3.63) is 33.8 Å². The summed E-state index contributed by atoms with van der Waals surface area (Å²) in [5.41, 5.74) is -0.172. The van der Waals surface area contributed by atoms with Crippen molar-refractivity contribution in [2.75, 3.05) is 0 Å². The second-order valence-corrected chi connectivity index (χ2v) is 4.92. The average Bonchev–Trinajstić information content (AvgIpc) is 2.94. The van der Waals surface area contributed by atoms with Gasteiger partial charge in [0.05, 0.1) is 5.97 Å². The van der Waals surface area contributed by atoms with Crippen LogP contribution in [0.15, 0.2) is 18.2 Å². The van der Waals surface area contributed by atoms with E-state index >= 15 is 0 Å². The van der Waals surface area contributed by atoms with Crippen LogP contribution in [-0.4, -0.2) is 12.1 Å². The Hall–Kier alpha value is 0.230. The molecule has 1 saturated heterocycles. The van der Waals surface area contributed by atoms with E-state index in [1.165, 1.54) is 0 Å². The van der Waals surface area contributed by atoms with Gasteiger partial charge in [-0.25, -0.2) is 0 Å². The van der Waals surface area contributed by atoms with Crippen LogP contribution < -0.4 is 34.7 Å². The minimum Gasteiger partial charge on any atom is -0.547 e. The normalized spacial score (nSPS) is 25.4. The minimum atomic E-state index is -1.20. The second kappa shape index (κ2) is 6.12. The van der Waals surface area contributed by atoms with Crippen molar-refractivity contribution in [3.63, 3.8) is 0 Å². The Balaban J connectivity index is 0.00000162. The Morgan fingerprint density at radius 2 is 2.17 bits per heavy atom. The maximum Gasteiger partial charge on any atom is 1.00 e. The zero-order valence-electron chi connectivity index (χ0n) is 10.2. The van der Waals surface area contributed by atoms with Gasteiger partial charge in [-0.1, -0.05) is 42.6 Å². The number of carbonyl (C=O) groups excluding carboxylic acids is 1. The molecule has 1 aromatic carbocycles. The number of ether oxygens (including phenoxy) is 1. The van der Waals surface area contributed by atoms with Crippen molar-refractivity contribution < 1.29 is 44.2 Å². The zero-order valence-corrected chi connectivity index (χ0v) is 13.7. The number of carboxylic acid groups (broad SMARTS) is 1. The van der Waals surface area contributed by atoms with Crippen molar-refractivity contribution in [2.24, 2.45) is 0 Å². The van der Waals surface area contributed by atoms with E-state index in [1.807, 2.05) is 6.92 Å². The van der Waals surface area contributed by atoms with E-state index in [9.17, 15) is 9.90 Å². The molecule has 0 radical (unpaired) electrons. The third kappa shape index (κ3) is 2.87. The minimum absolute atomic E-state index is 0. The molecule has 0 spiro atoms. The van der Waals surface area contributed by atoms with Crippen LogP contribution in [0.3, 0.4) is 0 Å². The molecule has 1 fully saturated rings. The van der Waals surface area contributed by atoms with Gasteiger partial charge in [0.1, 0.15) is 11.7 Å². The van der Waals surface area contributed by atoms with Gasteiger partial charge in [0.25, 0.3) is 0 Å². The number of carbonyl (C=O) groups is 1. The summed E-state index contributed by atoms with van der Waals surface area (Å²) >= 11 is 11.9. The molecule has 3 nitrogen and oxygen atoms in total. The number of benzene rings is 1. The van der Waals surface area contributed by atoms with Crippen molar-refractivity contribution in [3.8, 4) is 0 Å². The van der Waals surface area contributed by atoms with Crippen LogP contribution in [0.4, 0.5) is 0 Å². The van der Waals surface area contributed by atoms with Crippen LogP contribution in [0.25, 0.3) is 0 Å². The fourth-order valence-corrected chi connectivity index (χ4v) is 2.72. The molecule has 0 bridgehead atoms. The Labute approximate surface area is 138 Å².